The monoisotopic (exact) mass is 456 g/mol. The number of anilines is 1. The van der Waals surface area contributed by atoms with Crippen molar-refractivity contribution in [1.29, 1.82) is 0 Å². The number of hydrogen-bond acceptors (Lipinski definition) is 7. The van der Waals surface area contributed by atoms with Gasteiger partial charge in [0.15, 0.2) is 0 Å². The van der Waals surface area contributed by atoms with Crippen molar-refractivity contribution in [1.82, 2.24) is 14.4 Å². The highest BCUT2D eigenvalue weighted by Gasteiger charge is 2.27. The fraction of sp³-hybridized carbons (Fsp3) is 0.318. The van der Waals surface area contributed by atoms with Crippen molar-refractivity contribution < 1.29 is 22.5 Å². The van der Waals surface area contributed by atoms with E-state index in [9.17, 15) is 13.2 Å². The van der Waals surface area contributed by atoms with E-state index in [0.29, 0.717) is 41.8 Å². The number of benzene rings is 2. The average molecular weight is 457 g/mol. The Labute approximate surface area is 186 Å². The number of aryl methyl sites for hydroxylation is 1. The van der Waals surface area contributed by atoms with E-state index in [-0.39, 0.29) is 23.6 Å². The minimum Gasteiger partial charge on any atom is -0.496 e. The SMILES string of the molecule is COc1ccccc1-c1noc(CCC(=O)Nc2ccc(S(=O)(=O)N3CCCC3)cc2)n1. The Hall–Kier alpha value is -3.24. The first-order valence-electron chi connectivity index (χ1n) is 10.3. The van der Waals surface area contributed by atoms with Gasteiger partial charge in [-0.1, -0.05) is 17.3 Å². The van der Waals surface area contributed by atoms with Crippen LogP contribution in [-0.2, 0) is 21.2 Å². The van der Waals surface area contributed by atoms with Crippen molar-refractivity contribution >= 4 is 21.6 Å². The van der Waals surface area contributed by atoms with E-state index in [0.717, 1.165) is 12.8 Å². The third kappa shape index (κ3) is 4.81. The molecule has 0 bridgehead atoms. The summed E-state index contributed by atoms with van der Waals surface area (Å²) in [6.45, 7) is 1.10. The molecule has 1 saturated heterocycles. The Kier molecular flexibility index (Phi) is 6.52. The van der Waals surface area contributed by atoms with E-state index in [1.54, 1.807) is 25.3 Å². The highest BCUT2D eigenvalue weighted by molar-refractivity contribution is 7.89. The predicted molar refractivity (Wildman–Crippen MR) is 118 cm³/mol. The van der Waals surface area contributed by atoms with Gasteiger partial charge >= 0.3 is 0 Å². The van der Waals surface area contributed by atoms with Gasteiger partial charge in [-0.3, -0.25) is 4.79 Å². The zero-order chi connectivity index (χ0) is 22.6. The fourth-order valence-corrected chi connectivity index (χ4v) is 5.04. The van der Waals surface area contributed by atoms with Crippen LogP contribution < -0.4 is 10.1 Å². The van der Waals surface area contributed by atoms with Gasteiger partial charge in [-0.25, -0.2) is 8.42 Å². The highest BCUT2D eigenvalue weighted by atomic mass is 32.2. The lowest BCUT2D eigenvalue weighted by Crippen LogP contribution is -2.27. The van der Waals surface area contributed by atoms with Crippen LogP contribution in [0, 0.1) is 0 Å². The predicted octanol–water partition coefficient (Wildman–Crippen LogP) is 3.10. The summed E-state index contributed by atoms with van der Waals surface area (Å²) in [7, 11) is -1.90. The first-order valence-corrected chi connectivity index (χ1v) is 11.8. The molecule has 0 aliphatic carbocycles. The first-order chi connectivity index (χ1) is 15.5. The lowest BCUT2D eigenvalue weighted by atomic mass is 10.2. The van der Waals surface area contributed by atoms with Crippen LogP contribution in [-0.4, -0.2) is 49.0 Å². The smallest absolute Gasteiger partial charge is 0.243 e. The maximum Gasteiger partial charge on any atom is 0.243 e. The summed E-state index contributed by atoms with van der Waals surface area (Å²) in [6, 6.07) is 13.5. The zero-order valence-corrected chi connectivity index (χ0v) is 18.5. The minimum atomic E-state index is -3.47. The van der Waals surface area contributed by atoms with Crippen molar-refractivity contribution in [2.45, 2.75) is 30.6 Å². The number of carbonyl (C=O) groups excluding carboxylic acids is 1. The second-order valence-electron chi connectivity index (χ2n) is 7.40. The molecule has 0 spiro atoms. The molecule has 1 fully saturated rings. The number of sulfonamides is 1. The molecule has 2 heterocycles. The van der Waals surface area contributed by atoms with Crippen molar-refractivity contribution in [3.63, 3.8) is 0 Å². The lowest BCUT2D eigenvalue weighted by Gasteiger charge is -2.15. The average Bonchev–Trinajstić information content (AvgIpc) is 3.51. The van der Waals surface area contributed by atoms with E-state index in [1.165, 1.54) is 16.4 Å². The van der Waals surface area contributed by atoms with E-state index in [2.05, 4.69) is 15.5 Å². The number of hydrogen-bond donors (Lipinski definition) is 1. The summed E-state index contributed by atoms with van der Waals surface area (Å²) in [5.74, 6) is 1.13. The normalized spacial score (nSPS) is 14.4. The lowest BCUT2D eigenvalue weighted by molar-refractivity contribution is -0.116. The molecule has 3 aromatic rings. The van der Waals surface area contributed by atoms with E-state index in [1.807, 2.05) is 18.2 Å². The van der Waals surface area contributed by atoms with Gasteiger partial charge in [-0.05, 0) is 49.2 Å². The molecule has 1 aliphatic rings. The number of para-hydroxylation sites is 1. The van der Waals surface area contributed by atoms with Crippen LogP contribution in [0.2, 0.25) is 0 Å². The summed E-state index contributed by atoms with van der Waals surface area (Å²) in [5, 5.41) is 6.72. The Morgan fingerprint density at radius 2 is 1.84 bits per heavy atom. The molecule has 9 nitrogen and oxygen atoms in total. The molecular formula is C22H24N4O5S. The Balaban J connectivity index is 1.33. The van der Waals surface area contributed by atoms with Gasteiger partial charge in [0.05, 0.1) is 17.6 Å². The van der Waals surface area contributed by atoms with Gasteiger partial charge in [0.2, 0.25) is 27.6 Å². The van der Waals surface area contributed by atoms with Crippen molar-refractivity contribution in [2.75, 3.05) is 25.5 Å². The summed E-state index contributed by atoms with van der Waals surface area (Å²) in [6.07, 6.45) is 2.18. The number of ether oxygens (including phenoxy) is 1. The summed E-state index contributed by atoms with van der Waals surface area (Å²) < 4.78 is 37.2. The topological polar surface area (TPSA) is 115 Å². The van der Waals surface area contributed by atoms with Gasteiger partial charge < -0.3 is 14.6 Å². The maximum atomic E-state index is 12.6. The Morgan fingerprint density at radius 1 is 1.12 bits per heavy atom. The molecule has 10 heteroatoms. The second-order valence-corrected chi connectivity index (χ2v) is 9.33. The number of methoxy groups -OCH3 is 1. The van der Waals surface area contributed by atoms with Gasteiger partial charge in [-0.15, -0.1) is 0 Å². The molecule has 0 radical (unpaired) electrons. The van der Waals surface area contributed by atoms with E-state index in [4.69, 9.17) is 9.26 Å². The number of amides is 1. The molecule has 1 aromatic heterocycles. The maximum absolute atomic E-state index is 12.6. The number of rotatable bonds is 8. The van der Waals surface area contributed by atoms with Gasteiger partial charge in [-0.2, -0.15) is 9.29 Å². The quantitative estimate of drug-likeness (QED) is 0.554. The Morgan fingerprint density at radius 3 is 2.56 bits per heavy atom. The number of nitrogens with zero attached hydrogens (tertiary/aromatic N) is 3. The molecule has 32 heavy (non-hydrogen) atoms. The second kappa shape index (κ2) is 9.49. The molecule has 168 valence electrons. The molecule has 1 N–H and O–H groups in total. The molecule has 1 amide bonds. The van der Waals surface area contributed by atoms with Crippen LogP contribution in [0.25, 0.3) is 11.4 Å². The molecule has 1 aliphatic heterocycles. The van der Waals surface area contributed by atoms with Crippen molar-refractivity contribution in [3.8, 4) is 17.1 Å². The number of aromatic nitrogens is 2. The Bertz CT molecular complexity index is 1190. The summed E-state index contributed by atoms with van der Waals surface area (Å²) in [5.41, 5.74) is 1.23. The van der Waals surface area contributed by atoms with E-state index < -0.39 is 10.0 Å². The molecule has 4 rings (SSSR count). The van der Waals surface area contributed by atoms with Crippen LogP contribution >= 0.6 is 0 Å². The third-order valence-corrected chi connectivity index (χ3v) is 7.14. The first kappa shape index (κ1) is 22.0. The number of nitrogens with one attached hydrogen (secondary N) is 1. The van der Waals surface area contributed by atoms with Gasteiger partial charge in [0.25, 0.3) is 0 Å². The largest absolute Gasteiger partial charge is 0.496 e. The molecule has 2 aromatic carbocycles. The highest BCUT2D eigenvalue weighted by Crippen LogP contribution is 2.27. The van der Waals surface area contributed by atoms with E-state index >= 15 is 0 Å². The fourth-order valence-electron chi connectivity index (χ4n) is 3.53. The standard InChI is InChI=1S/C22H24N4O5S/c1-30-19-7-3-2-6-18(19)22-24-21(31-25-22)13-12-20(27)23-16-8-10-17(11-9-16)32(28,29)26-14-4-5-15-26/h2-3,6-11H,4-5,12-15H2,1H3,(H,23,27). The van der Waals surface area contributed by atoms with Gasteiger partial charge in [0.1, 0.15) is 5.75 Å². The van der Waals surface area contributed by atoms with Crippen LogP contribution in [0.4, 0.5) is 5.69 Å². The van der Waals surface area contributed by atoms with Gasteiger partial charge in [0, 0.05) is 31.6 Å². The van der Waals surface area contributed by atoms with Crippen LogP contribution in [0.3, 0.4) is 0 Å². The summed E-state index contributed by atoms with van der Waals surface area (Å²) >= 11 is 0. The molecule has 0 atom stereocenters. The minimum absolute atomic E-state index is 0.140. The third-order valence-electron chi connectivity index (χ3n) is 5.22. The van der Waals surface area contributed by atoms with Crippen LogP contribution in [0.1, 0.15) is 25.2 Å². The van der Waals surface area contributed by atoms with Crippen molar-refractivity contribution in [2.24, 2.45) is 0 Å². The summed E-state index contributed by atoms with van der Waals surface area (Å²) in [4.78, 5) is 16.9. The van der Waals surface area contributed by atoms with Crippen molar-refractivity contribution in [3.05, 3.63) is 54.4 Å². The number of carbonyl (C=O) groups is 1. The molecule has 0 saturated carbocycles. The van der Waals surface area contributed by atoms with Crippen LogP contribution in [0.15, 0.2) is 57.9 Å². The van der Waals surface area contributed by atoms with Crippen LogP contribution in [0.5, 0.6) is 5.75 Å². The zero-order valence-electron chi connectivity index (χ0n) is 17.7. The molecule has 0 unspecified atom stereocenters. The molecular weight excluding hydrogens is 432 g/mol.